The lowest BCUT2D eigenvalue weighted by Gasteiger charge is -2.00. The molecular formula is C10H12N2O4S2. The van der Waals surface area contributed by atoms with Crippen molar-refractivity contribution >= 4 is 30.7 Å². The molecule has 1 aromatic carbocycles. The second-order valence-electron chi connectivity index (χ2n) is 4.15. The molecule has 0 atom stereocenters. The highest BCUT2D eigenvalue weighted by atomic mass is 32.2. The Kier molecular flexibility index (Phi) is 2.74. The van der Waals surface area contributed by atoms with Gasteiger partial charge in [-0.1, -0.05) is 0 Å². The first kappa shape index (κ1) is 13.0. The average molecular weight is 288 g/mol. The van der Waals surface area contributed by atoms with Gasteiger partial charge in [-0.25, -0.2) is 21.8 Å². The zero-order valence-electron chi connectivity index (χ0n) is 10.1. The summed E-state index contributed by atoms with van der Waals surface area (Å²) in [7, 11) is -5.20. The fraction of sp³-hybridized carbons (Fsp3) is 0.300. The lowest BCUT2D eigenvalue weighted by Crippen LogP contribution is -2.05. The van der Waals surface area contributed by atoms with E-state index in [0.29, 0.717) is 11.0 Å². The molecule has 0 saturated heterocycles. The Morgan fingerprint density at radius 1 is 1.06 bits per heavy atom. The fourth-order valence-electron chi connectivity index (χ4n) is 1.72. The van der Waals surface area contributed by atoms with Gasteiger partial charge in [0.2, 0.25) is 15.0 Å². The van der Waals surface area contributed by atoms with Crippen LogP contribution < -0.4 is 0 Å². The Morgan fingerprint density at radius 2 is 1.67 bits per heavy atom. The average Bonchev–Trinajstić information content (AvgIpc) is 2.54. The molecule has 1 aromatic heterocycles. The van der Waals surface area contributed by atoms with Crippen LogP contribution in [0, 0.1) is 0 Å². The van der Waals surface area contributed by atoms with Gasteiger partial charge in [0, 0.05) is 19.6 Å². The summed E-state index contributed by atoms with van der Waals surface area (Å²) in [6.45, 7) is 0. The van der Waals surface area contributed by atoms with Crippen molar-refractivity contribution in [2.75, 3.05) is 12.5 Å². The molecule has 0 spiro atoms. The molecule has 0 unspecified atom stereocenters. The molecule has 98 valence electrons. The standard InChI is InChI=1S/C10H12N2O4S2/c1-12-9-5-4-7(17(2,13)14)6-8(9)11-10(12)18(3,15)16/h4-6H,1-3H3. The van der Waals surface area contributed by atoms with Gasteiger partial charge >= 0.3 is 0 Å². The molecule has 6 nitrogen and oxygen atoms in total. The van der Waals surface area contributed by atoms with Crippen LogP contribution in [0.15, 0.2) is 28.3 Å². The number of hydrogen-bond acceptors (Lipinski definition) is 5. The van der Waals surface area contributed by atoms with Crippen LogP contribution in [0.2, 0.25) is 0 Å². The number of hydrogen-bond donors (Lipinski definition) is 0. The highest BCUT2D eigenvalue weighted by Crippen LogP contribution is 2.21. The first-order valence-corrected chi connectivity index (χ1v) is 8.75. The Balaban J connectivity index is 2.83. The van der Waals surface area contributed by atoms with Crippen molar-refractivity contribution in [2.24, 2.45) is 7.05 Å². The monoisotopic (exact) mass is 288 g/mol. The number of sulfone groups is 2. The van der Waals surface area contributed by atoms with Crippen LogP contribution in [-0.4, -0.2) is 38.9 Å². The minimum atomic E-state index is -3.44. The van der Waals surface area contributed by atoms with Crippen molar-refractivity contribution in [3.8, 4) is 0 Å². The molecule has 0 N–H and O–H groups in total. The van der Waals surface area contributed by atoms with Crippen LogP contribution in [0.5, 0.6) is 0 Å². The third-order valence-corrected chi connectivity index (χ3v) is 4.71. The van der Waals surface area contributed by atoms with Crippen LogP contribution in [0.3, 0.4) is 0 Å². The Hall–Kier alpha value is -1.41. The largest absolute Gasteiger partial charge is 0.318 e. The van der Waals surface area contributed by atoms with Crippen molar-refractivity contribution in [3.63, 3.8) is 0 Å². The fourth-order valence-corrected chi connectivity index (χ4v) is 3.22. The van der Waals surface area contributed by atoms with Gasteiger partial charge < -0.3 is 4.57 Å². The molecule has 0 bridgehead atoms. The molecule has 1 heterocycles. The second-order valence-corrected chi connectivity index (χ2v) is 8.07. The van der Waals surface area contributed by atoms with Crippen molar-refractivity contribution in [1.82, 2.24) is 9.55 Å². The van der Waals surface area contributed by atoms with Gasteiger partial charge in [0.1, 0.15) is 0 Å². The first-order valence-electron chi connectivity index (χ1n) is 4.97. The van der Waals surface area contributed by atoms with Crippen molar-refractivity contribution in [1.29, 1.82) is 0 Å². The van der Waals surface area contributed by atoms with Gasteiger partial charge in [-0.2, -0.15) is 0 Å². The summed E-state index contributed by atoms with van der Waals surface area (Å²) in [5.74, 6) is 0. The third kappa shape index (κ3) is 2.13. The summed E-state index contributed by atoms with van der Waals surface area (Å²) in [6, 6.07) is 4.36. The Morgan fingerprint density at radius 3 is 2.17 bits per heavy atom. The van der Waals surface area contributed by atoms with Gasteiger partial charge in [0.15, 0.2) is 9.84 Å². The highest BCUT2D eigenvalue weighted by Gasteiger charge is 2.18. The number of nitrogens with zero attached hydrogens (tertiary/aromatic N) is 2. The molecule has 0 aliphatic rings. The highest BCUT2D eigenvalue weighted by molar-refractivity contribution is 7.91. The van der Waals surface area contributed by atoms with Crippen LogP contribution in [-0.2, 0) is 26.7 Å². The molecule has 8 heteroatoms. The molecule has 2 aromatic rings. The minimum Gasteiger partial charge on any atom is -0.318 e. The molecule has 18 heavy (non-hydrogen) atoms. The maximum atomic E-state index is 11.5. The summed E-state index contributed by atoms with van der Waals surface area (Å²) in [5, 5.41) is -0.0804. The molecule has 0 saturated carbocycles. The number of aryl methyl sites for hydroxylation is 1. The van der Waals surface area contributed by atoms with Crippen molar-refractivity contribution in [2.45, 2.75) is 10.1 Å². The second kappa shape index (κ2) is 3.79. The van der Waals surface area contributed by atoms with Crippen LogP contribution in [0.4, 0.5) is 0 Å². The number of benzene rings is 1. The van der Waals surface area contributed by atoms with Gasteiger partial charge in [-0.3, -0.25) is 0 Å². The molecule has 0 aliphatic carbocycles. The summed E-state index contributed by atoms with van der Waals surface area (Å²) in [4.78, 5) is 4.09. The molecule has 2 rings (SSSR count). The summed E-state index contributed by atoms with van der Waals surface area (Å²) < 4.78 is 47.3. The van der Waals surface area contributed by atoms with E-state index in [1.165, 1.54) is 16.7 Å². The summed E-state index contributed by atoms with van der Waals surface area (Å²) in [5.41, 5.74) is 0.920. The SMILES string of the molecule is Cn1c(S(C)(=O)=O)nc2cc(S(C)(=O)=O)ccc21. The van der Waals surface area contributed by atoms with E-state index in [0.717, 1.165) is 12.5 Å². The molecule has 0 amide bonds. The van der Waals surface area contributed by atoms with Crippen molar-refractivity contribution < 1.29 is 16.8 Å². The molecule has 0 fully saturated rings. The summed E-state index contributed by atoms with van der Waals surface area (Å²) in [6.07, 6.45) is 2.15. The van der Waals surface area contributed by atoms with E-state index in [1.807, 2.05) is 0 Å². The van der Waals surface area contributed by atoms with Crippen LogP contribution >= 0.6 is 0 Å². The number of fused-ring (bicyclic) bond motifs is 1. The van der Waals surface area contributed by atoms with Gasteiger partial charge in [-0.15, -0.1) is 0 Å². The first-order chi connectivity index (χ1) is 8.10. The third-order valence-electron chi connectivity index (χ3n) is 2.57. The van der Waals surface area contributed by atoms with E-state index >= 15 is 0 Å². The zero-order valence-corrected chi connectivity index (χ0v) is 11.7. The van der Waals surface area contributed by atoms with E-state index in [4.69, 9.17) is 0 Å². The van der Waals surface area contributed by atoms with Crippen LogP contribution in [0.25, 0.3) is 11.0 Å². The smallest absolute Gasteiger partial charge is 0.228 e. The zero-order chi connectivity index (χ0) is 13.7. The normalized spacial score (nSPS) is 13.1. The summed E-state index contributed by atoms with van der Waals surface area (Å²) >= 11 is 0. The lowest BCUT2D eigenvalue weighted by atomic mass is 10.3. The number of rotatable bonds is 2. The maximum Gasteiger partial charge on any atom is 0.228 e. The van der Waals surface area contributed by atoms with E-state index in [9.17, 15) is 16.8 Å². The topological polar surface area (TPSA) is 86.1 Å². The molecule has 0 aliphatic heterocycles. The minimum absolute atomic E-state index is 0.0804. The van der Waals surface area contributed by atoms with Crippen LogP contribution in [0.1, 0.15) is 0 Å². The lowest BCUT2D eigenvalue weighted by molar-refractivity contribution is 0.586. The number of imidazole rings is 1. The Bertz CT molecular complexity index is 832. The quantitative estimate of drug-likeness (QED) is 0.797. The molecule has 0 radical (unpaired) electrons. The predicted molar refractivity (Wildman–Crippen MR) is 66.9 cm³/mol. The van der Waals surface area contributed by atoms with E-state index < -0.39 is 19.7 Å². The molecular weight excluding hydrogens is 276 g/mol. The van der Waals surface area contributed by atoms with Gasteiger partial charge in [0.25, 0.3) is 0 Å². The number of aromatic nitrogens is 2. The van der Waals surface area contributed by atoms with E-state index in [2.05, 4.69) is 4.98 Å². The maximum absolute atomic E-state index is 11.5. The predicted octanol–water partition coefficient (Wildman–Crippen LogP) is 0.380. The van der Waals surface area contributed by atoms with Crippen molar-refractivity contribution in [3.05, 3.63) is 18.2 Å². The Labute approximate surface area is 105 Å². The van der Waals surface area contributed by atoms with E-state index in [-0.39, 0.29) is 10.1 Å². The van der Waals surface area contributed by atoms with Gasteiger partial charge in [-0.05, 0) is 18.2 Å². The van der Waals surface area contributed by atoms with Gasteiger partial charge in [0.05, 0.1) is 15.9 Å². The van der Waals surface area contributed by atoms with E-state index in [1.54, 1.807) is 13.1 Å².